The maximum absolute atomic E-state index is 12.5. The second kappa shape index (κ2) is 8.13. The number of anilines is 1. The average molecular weight is 396 g/mol. The van der Waals surface area contributed by atoms with Crippen LogP contribution in [0.4, 0.5) is 15.3 Å². The molecule has 0 bridgehead atoms. The summed E-state index contributed by atoms with van der Waals surface area (Å²) in [4.78, 5) is 27.2. The van der Waals surface area contributed by atoms with Crippen molar-refractivity contribution in [1.29, 1.82) is 0 Å². The number of cyclic esters (lactones) is 1. The number of amides is 3. The van der Waals surface area contributed by atoms with Gasteiger partial charge < -0.3 is 19.9 Å². The predicted molar refractivity (Wildman–Crippen MR) is 99.8 cm³/mol. The largest absolute Gasteiger partial charge is 0.448 e. The molecule has 0 unspecified atom stereocenters. The van der Waals surface area contributed by atoms with E-state index in [1.807, 2.05) is 12.1 Å². The van der Waals surface area contributed by atoms with Crippen LogP contribution in [-0.2, 0) is 21.3 Å². The summed E-state index contributed by atoms with van der Waals surface area (Å²) in [6, 6.07) is 6.75. The van der Waals surface area contributed by atoms with Crippen molar-refractivity contribution < 1.29 is 22.7 Å². The van der Waals surface area contributed by atoms with E-state index in [-0.39, 0.29) is 18.2 Å². The van der Waals surface area contributed by atoms with Crippen molar-refractivity contribution in [3.63, 3.8) is 0 Å². The van der Waals surface area contributed by atoms with Crippen LogP contribution in [0.5, 0.6) is 0 Å². The molecule has 0 saturated carbocycles. The highest BCUT2D eigenvalue weighted by Gasteiger charge is 2.26. The lowest BCUT2D eigenvalue weighted by atomic mass is 10.1. The van der Waals surface area contributed by atoms with E-state index in [1.165, 1.54) is 0 Å². The Kier molecular flexibility index (Phi) is 5.85. The standard InChI is InChI=1S/C17H24N4O5S/c1-27(24,25)19-15-3-2-8-20(12-15)16(22)18-14-6-4-13(5-7-14)11-21-9-10-26-17(21)23/h4-7,15,19H,2-3,8-12H2,1H3,(H,18,22)/t15-/m1/s1. The van der Waals surface area contributed by atoms with Gasteiger partial charge >= 0.3 is 12.1 Å². The molecule has 9 nitrogen and oxygen atoms in total. The summed E-state index contributed by atoms with van der Waals surface area (Å²) >= 11 is 0. The number of hydrogen-bond donors (Lipinski definition) is 2. The number of piperidine rings is 1. The van der Waals surface area contributed by atoms with E-state index in [4.69, 9.17) is 4.74 Å². The molecule has 27 heavy (non-hydrogen) atoms. The van der Waals surface area contributed by atoms with Crippen LogP contribution < -0.4 is 10.0 Å². The molecule has 1 aromatic carbocycles. The number of nitrogens with zero attached hydrogens (tertiary/aromatic N) is 2. The Morgan fingerprint density at radius 2 is 2.00 bits per heavy atom. The van der Waals surface area contributed by atoms with Gasteiger partial charge in [0.2, 0.25) is 10.0 Å². The van der Waals surface area contributed by atoms with E-state index in [0.29, 0.717) is 44.9 Å². The van der Waals surface area contributed by atoms with E-state index in [9.17, 15) is 18.0 Å². The van der Waals surface area contributed by atoms with Gasteiger partial charge in [0.05, 0.1) is 12.8 Å². The van der Waals surface area contributed by atoms with Crippen molar-refractivity contribution in [2.75, 3.05) is 37.8 Å². The van der Waals surface area contributed by atoms with Gasteiger partial charge in [0.1, 0.15) is 6.61 Å². The summed E-state index contributed by atoms with van der Waals surface area (Å²) in [5, 5.41) is 2.83. The molecule has 3 rings (SSSR count). The number of carbonyl (C=O) groups is 2. The maximum Gasteiger partial charge on any atom is 0.410 e. The van der Waals surface area contributed by atoms with Crippen LogP contribution in [0.15, 0.2) is 24.3 Å². The van der Waals surface area contributed by atoms with Crippen molar-refractivity contribution >= 4 is 27.8 Å². The molecule has 2 N–H and O–H groups in total. The summed E-state index contributed by atoms with van der Waals surface area (Å²) in [6.07, 6.45) is 2.26. The number of carbonyl (C=O) groups excluding carboxylic acids is 2. The quantitative estimate of drug-likeness (QED) is 0.777. The normalized spacial score (nSPS) is 20.5. The first-order chi connectivity index (χ1) is 12.8. The highest BCUT2D eigenvalue weighted by atomic mass is 32.2. The lowest BCUT2D eigenvalue weighted by molar-refractivity contribution is 0.157. The zero-order valence-electron chi connectivity index (χ0n) is 15.2. The molecule has 0 radical (unpaired) electrons. The Hall–Kier alpha value is -2.33. The Balaban J connectivity index is 1.53. The molecule has 2 saturated heterocycles. The molecule has 10 heteroatoms. The number of benzene rings is 1. The van der Waals surface area contributed by atoms with Crippen LogP contribution in [0.2, 0.25) is 0 Å². The van der Waals surface area contributed by atoms with Crippen molar-refractivity contribution in [2.45, 2.75) is 25.4 Å². The summed E-state index contributed by atoms with van der Waals surface area (Å²) in [5.41, 5.74) is 1.59. The minimum Gasteiger partial charge on any atom is -0.448 e. The van der Waals surface area contributed by atoms with Crippen LogP contribution >= 0.6 is 0 Å². The van der Waals surface area contributed by atoms with Crippen LogP contribution in [0, 0.1) is 0 Å². The topological polar surface area (TPSA) is 108 Å². The summed E-state index contributed by atoms with van der Waals surface area (Å²) in [7, 11) is -3.30. The maximum atomic E-state index is 12.5. The molecular formula is C17H24N4O5S. The van der Waals surface area contributed by atoms with Gasteiger partial charge in [-0.25, -0.2) is 22.7 Å². The third kappa shape index (κ3) is 5.57. The zero-order chi connectivity index (χ0) is 19.4. The van der Waals surface area contributed by atoms with Crippen LogP contribution in [0.1, 0.15) is 18.4 Å². The minimum atomic E-state index is -3.30. The molecular weight excluding hydrogens is 372 g/mol. The van der Waals surface area contributed by atoms with Crippen molar-refractivity contribution in [1.82, 2.24) is 14.5 Å². The third-order valence-corrected chi connectivity index (χ3v) is 5.27. The Morgan fingerprint density at radius 1 is 1.26 bits per heavy atom. The smallest absolute Gasteiger partial charge is 0.410 e. The van der Waals surface area contributed by atoms with Crippen molar-refractivity contribution in [2.24, 2.45) is 0 Å². The lowest BCUT2D eigenvalue weighted by Crippen LogP contribution is -2.50. The fourth-order valence-corrected chi connectivity index (χ4v) is 4.04. The summed E-state index contributed by atoms with van der Waals surface area (Å²) in [6.45, 7) is 2.39. The van der Waals surface area contributed by atoms with Gasteiger partial charge in [-0.15, -0.1) is 0 Å². The number of ether oxygens (including phenoxy) is 1. The number of rotatable bonds is 5. The number of urea groups is 1. The van der Waals surface area contributed by atoms with Crippen LogP contribution in [0.3, 0.4) is 0 Å². The molecule has 0 aliphatic carbocycles. The average Bonchev–Trinajstić information content (AvgIpc) is 3.00. The molecule has 1 atom stereocenters. The Bertz CT molecular complexity index is 796. The van der Waals surface area contributed by atoms with Crippen LogP contribution in [-0.4, -0.2) is 68.9 Å². The van der Waals surface area contributed by atoms with Gasteiger partial charge in [-0.3, -0.25) is 0 Å². The van der Waals surface area contributed by atoms with Gasteiger partial charge in [0.25, 0.3) is 0 Å². The fourth-order valence-electron chi connectivity index (χ4n) is 3.25. The Morgan fingerprint density at radius 3 is 2.63 bits per heavy atom. The van der Waals surface area contributed by atoms with Gasteiger partial charge in [-0.1, -0.05) is 12.1 Å². The summed E-state index contributed by atoms with van der Waals surface area (Å²) < 4.78 is 30.2. The zero-order valence-corrected chi connectivity index (χ0v) is 16.0. The second-order valence-corrected chi connectivity index (χ2v) is 8.62. The molecule has 0 aromatic heterocycles. The number of likely N-dealkylation sites (tertiary alicyclic amines) is 1. The fraction of sp³-hybridized carbons (Fsp3) is 0.529. The predicted octanol–water partition coefficient (Wildman–Crippen LogP) is 1.18. The van der Waals surface area contributed by atoms with E-state index >= 15 is 0 Å². The molecule has 3 amide bonds. The highest BCUT2D eigenvalue weighted by molar-refractivity contribution is 7.88. The first kappa shape index (κ1) is 19.4. The molecule has 0 spiro atoms. The van der Waals surface area contributed by atoms with E-state index in [2.05, 4.69) is 10.0 Å². The van der Waals surface area contributed by atoms with Gasteiger partial charge in [-0.05, 0) is 30.5 Å². The molecule has 2 aliphatic rings. The van der Waals surface area contributed by atoms with Crippen molar-refractivity contribution in [3.8, 4) is 0 Å². The molecule has 1 aromatic rings. The number of sulfonamides is 1. The lowest BCUT2D eigenvalue weighted by Gasteiger charge is -2.32. The first-order valence-electron chi connectivity index (χ1n) is 8.84. The Labute approximate surface area is 158 Å². The monoisotopic (exact) mass is 396 g/mol. The van der Waals surface area contributed by atoms with Gasteiger partial charge in [-0.2, -0.15) is 0 Å². The minimum absolute atomic E-state index is 0.258. The molecule has 2 aliphatic heterocycles. The summed E-state index contributed by atoms with van der Waals surface area (Å²) in [5.74, 6) is 0. The van der Waals surface area contributed by atoms with Crippen LogP contribution in [0.25, 0.3) is 0 Å². The van der Waals surface area contributed by atoms with Crippen molar-refractivity contribution in [3.05, 3.63) is 29.8 Å². The van der Waals surface area contributed by atoms with E-state index < -0.39 is 10.0 Å². The SMILES string of the molecule is CS(=O)(=O)N[C@@H]1CCCN(C(=O)Nc2ccc(CN3CCOC3=O)cc2)C1. The highest BCUT2D eigenvalue weighted by Crippen LogP contribution is 2.16. The number of hydrogen-bond acceptors (Lipinski definition) is 5. The van der Waals surface area contributed by atoms with Gasteiger partial charge in [0.15, 0.2) is 0 Å². The van der Waals surface area contributed by atoms with E-state index in [1.54, 1.807) is 21.9 Å². The first-order valence-corrected chi connectivity index (χ1v) is 10.7. The molecule has 2 heterocycles. The number of nitrogens with one attached hydrogen (secondary N) is 2. The third-order valence-electron chi connectivity index (χ3n) is 4.51. The van der Waals surface area contributed by atoms with E-state index in [0.717, 1.165) is 18.2 Å². The molecule has 148 valence electrons. The van der Waals surface area contributed by atoms with Gasteiger partial charge in [0, 0.05) is 31.4 Å². The second-order valence-electron chi connectivity index (χ2n) is 6.84. The molecule has 2 fully saturated rings.